The molecule has 0 radical (unpaired) electrons. The summed E-state index contributed by atoms with van der Waals surface area (Å²) >= 11 is 0. The van der Waals surface area contributed by atoms with Crippen molar-refractivity contribution in [3.8, 4) is 0 Å². The average Bonchev–Trinajstić information content (AvgIpc) is 1.88. The van der Waals surface area contributed by atoms with Crippen LogP contribution in [0, 0.1) is 11.8 Å². The van der Waals surface area contributed by atoms with Gasteiger partial charge in [0.1, 0.15) is 0 Å². The van der Waals surface area contributed by atoms with Crippen LogP contribution in [0.3, 0.4) is 0 Å². The highest BCUT2D eigenvalue weighted by molar-refractivity contribution is 5.85. The Morgan fingerprint density at radius 1 is 1.09 bits per heavy atom. The maximum absolute atomic E-state index is 3.40. The summed E-state index contributed by atoms with van der Waals surface area (Å²) in [6.07, 6.45) is 4.26. The van der Waals surface area contributed by atoms with Gasteiger partial charge in [-0.05, 0) is 31.7 Å². The molecule has 0 aromatic heterocycles. The van der Waals surface area contributed by atoms with Crippen molar-refractivity contribution in [2.45, 2.75) is 39.2 Å². The molecule has 0 spiro atoms. The normalized spacial score (nSPS) is 37.9. The number of hydrogen-bond donors (Lipinski definition) is 1. The van der Waals surface area contributed by atoms with E-state index in [0.717, 1.165) is 17.9 Å². The van der Waals surface area contributed by atoms with Crippen LogP contribution in [0.5, 0.6) is 0 Å². The van der Waals surface area contributed by atoms with Crippen molar-refractivity contribution in [3.63, 3.8) is 0 Å². The number of hydrogen-bond acceptors (Lipinski definition) is 1. The maximum atomic E-state index is 3.40. The van der Waals surface area contributed by atoms with Crippen LogP contribution < -0.4 is 5.32 Å². The third-order valence-electron chi connectivity index (χ3n) is 2.88. The Morgan fingerprint density at radius 2 is 1.55 bits per heavy atom. The summed E-state index contributed by atoms with van der Waals surface area (Å²) in [5.41, 5.74) is 0. The van der Waals surface area contributed by atoms with Crippen molar-refractivity contribution in [3.05, 3.63) is 0 Å². The summed E-state index contributed by atoms with van der Waals surface area (Å²) in [6, 6.07) is 0.772. The van der Waals surface area contributed by atoms with Crippen LogP contribution >= 0.6 is 12.4 Å². The van der Waals surface area contributed by atoms with Gasteiger partial charge < -0.3 is 5.32 Å². The van der Waals surface area contributed by atoms with E-state index in [1.54, 1.807) is 0 Å². The standard InChI is InChI=1S/C9H19N.ClH/c1-7-5-4-6-8(2)9(7)10-3;/h7-10H,4-6H2,1-3H3;1H. The molecule has 2 heteroatoms. The van der Waals surface area contributed by atoms with Crippen molar-refractivity contribution in [2.75, 3.05) is 7.05 Å². The predicted molar refractivity (Wildman–Crippen MR) is 52.3 cm³/mol. The Labute approximate surface area is 76.4 Å². The molecule has 0 aliphatic heterocycles. The van der Waals surface area contributed by atoms with Crippen molar-refractivity contribution in [2.24, 2.45) is 11.8 Å². The third kappa shape index (κ3) is 2.64. The Kier molecular flexibility index (Phi) is 5.11. The van der Waals surface area contributed by atoms with E-state index >= 15 is 0 Å². The van der Waals surface area contributed by atoms with Gasteiger partial charge in [0.05, 0.1) is 0 Å². The molecule has 0 aromatic carbocycles. The van der Waals surface area contributed by atoms with Crippen LogP contribution in [-0.4, -0.2) is 13.1 Å². The van der Waals surface area contributed by atoms with E-state index in [-0.39, 0.29) is 12.4 Å². The van der Waals surface area contributed by atoms with Crippen LogP contribution in [0.1, 0.15) is 33.1 Å². The lowest BCUT2D eigenvalue weighted by Gasteiger charge is -2.34. The van der Waals surface area contributed by atoms with Crippen molar-refractivity contribution < 1.29 is 0 Å². The monoisotopic (exact) mass is 177 g/mol. The molecule has 0 amide bonds. The Morgan fingerprint density at radius 3 is 1.82 bits per heavy atom. The Bertz CT molecular complexity index is 95.7. The van der Waals surface area contributed by atoms with E-state index in [1.165, 1.54) is 19.3 Å². The minimum atomic E-state index is 0. The summed E-state index contributed by atoms with van der Waals surface area (Å²) in [5.74, 6) is 1.77. The van der Waals surface area contributed by atoms with E-state index in [0.29, 0.717) is 0 Å². The second-order valence-corrected chi connectivity index (χ2v) is 3.70. The van der Waals surface area contributed by atoms with Crippen LogP contribution in [0.25, 0.3) is 0 Å². The molecule has 2 atom stereocenters. The molecule has 1 nitrogen and oxygen atoms in total. The fourth-order valence-corrected chi connectivity index (χ4v) is 2.25. The number of rotatable bonds is 1. The first-order chi connectivity index (χ1) is 4.75. The Hall–Kier alpha value is 0.250. The number of halogens is 1. The summed E-state index contributed by atoms with van der Waals surface area (Å²) in [6.45, 7) is 4.72. The van der Waals surface area contributed by atoms with Gasteiger partial charge in [0.15, 0.2) is 0 Å². The number of nitrogens with one attached hydrogen (secondary N) is 1. The van der Waals surface area contributed by atoms with Crippen LogP contribution in [-0.2, 0) is 0 Å². The van der Waals surface area contributed by atoms with Crippen LogP contribution in [0.4, 0.5) is 0 Å². The van der Waals surface area contributed by atoms with Gasteiger partial charge in [0.25, 0.3) is 0 Å². The molecule has 1 fully saturated rings. The van der Waals surface area contributed by atoms with Gasteiger partial charge in [-0.3, -0.25) is 0 Å². The minimum Gasteiger partial charge on any atom is -0.316 e. The zero-order valence-corrected chi connectivity index (χ0v) is 8.58. The Balaban J connectivity index is 0.000001000. The molecule has 0 bridgehead atoms. The zero-order chi connectivity index (χ0) is 7.56. The first-order valence-corrected chi connectivity index (χ1v) is 4.43. The molecule has 1 aliphatic carbocycles. The second kappa shape index (κ2) is 5.00. The van der Waals surface area contributed by atoms with E-state index < -0.39 is 0 Å². The van der Waals surface area contributed by atoms with Crippen molar-refractivity contribution in [1.29, 1.82) is 0 Å². The zero-order valence-electron chi connectivity index (χ0n) is 7.76. The molecule has 1 rings (SSSR count). The molecule has 68 valence electrons. The maximum Gasteiger partial charge on any atom is 0.0115 e. The third-order valence-corrected chi connectivity index (χ3v) is 2.88. The molecule has 1 N–H and O–H groups in total. The smallest absolute Gasteiger partial charge is 0.0115 e. The van der Waals surface area contributed by atoms with Gasteiger partial charge in [0, 0.05) is 6.04 Å². The fourth-order valence-electron chi connectivity index (χ4n) is 2.25. The van der Waals surface area contributed by atoms with Crippen LogP contribution in [0.15, 0.2) is 0 Å². The fraction of sp³-hybridized carbons (Fsp3) is 1.00. The van der Waals surface area contributed by atoms with Gasteiger partial charge >= 0.3 is 0 Å². The van der Waals surface area contributed by atoms with E-state index in [9.17, 15) is 0 Å². The summed E-state index contributed by atoms with van der Waals surface area (Å²) in [5, 5.41) is 3.40. The van der Waals surface area contributed by atoms with Gasteiger partial charge in [-0.25, -0.2) is 0 Å². The summed E-state index contributed by atoms with van der Waals surface area (Å²) in [7, 11) is 2.09. The molecular weight excluding hydrogens is 158 g/mol. The van der Waals surface area contributed by atoms with Crippen molar-refractivity contribution in [1.82, 2.24) is 5.32 Å². The highest BCUT2D eigenvalue weighted by Crippen LogP contribution is 2.28. The molecule has 1 saturated carbocycles. The van der Waals surface area contributed by atoms with Gasteiger partial charge in [-0.1, -0.05) is 20.3 Å². The predicted octanol–water partition coefficient (Wildman–Crippen LogP) is 2.45. The van der Waals surface area contributed by atoms with E-state index in [1.807, 2.05) is 0 Å². The molecule has 11 heavy (non-hydrogen) atoms. The molecule has 1 aliphatic rings. The first kappa shape index (κ1) is 11.2. The SMILES string of the molecule is CNC1C(C)CCCC1C.Cl. The molecule has 0 saturated heterocycles. The van der Waals surface area contributed by atoms with E-state index in [2.05, 4.69) is 26.2 Å². The largest absolute Gasteiger partial charge is 0.316 e. The highest BCUT2D eigenvalue weighted by Gasteiger charge is 2.25. The molecular formula is C9H20ClN. The average molecular weight is 178 g/mol. The lowest BCUT2D eigenvalue weighted by atomic mass is 9.79. The lowest BCUT2D eigenvalue weighted by molar-refractivity contribution is 0.219. The van der Waals surface area contributed by atoms with Gasteiger partial charge in [-0.15, -0.1) is 12.4 Å². The van der Waals surface area contributed by atoms with Gasteiger partial charge in [-0.2, -0.15) is 0 Å². The second-order valence-electron chi connectivity index (χ2n) is 3.70. The topological polar surface area (TPSA) is 12.0 Å². The van der Waals surface area contributed by atoms with E-state index in [4.69, 9.17) is 0 Å². The van der Waals surface area contributed by atoms with Crippen LogP contribution in [0.2, 0.25) is 0 Å². The van der Waals surface area contributed by atoms with Gasteiger partial charge in [0.2, 0.25) is 0 Å². The lowest BCUT2D eigenvalue weighted by Crippen LogP contribution is -2.40. The molecule has 0 aromatic rings. The quantitative estimate of drug-likeness (QED) is 0.649. The first-order valence-electron chi connectivity index (χ1n) is 4.43. The molecule has 0 heterocycles. The van der Waals surface area contributed by atoms with Crippen molar-refractivity contribution >= 4 is 12.4 Å². The molecule has 2 unspecified atom stereocenters. The summed E-state index contributed by atoms with van der Waals surface area (Å²) in [4.78, 5) is 0. The minimum absolute atomic E-state index is 0. The highest BCUT2D eigenvalue weighted by atomic mass is 35.5. The summed E-state index contributed by atoms with van der Waals surface area (Å²) < 4.78 is 0.